The first-order valence-electron chi connectivity index (χ1n) is 9.44. The van der Waals surface area contributed by atoms with E-state index >= 15 is 0 Å². The monoisotopic (exact) mass is 379 g/mol. The number of hydrogen-bond acceptors (Lipinski definition) is 4. The van der Waals surface area contributed by atoms with Gasteiger partial charge in [0.25, 0.3) is 0 Å². The predicted molar refractivity (Wildman–Crippen MR) is 102 cm³/mol. The van der Waals surface area contributed by atoms with Crippen molar-refractivity contribution in [2.24, 2.45) is 0 Å². The smallest absolute Gasteiger partial charge is 0.410 e. The Kier molecular flexibility index (Phi) is 7.18. The fraction of sp³-hybridized carbons (Fsp3) is 0.600. The lowest BCUT2D eigenvalue weighted by atomic mass is 10.0. The van der Waals surface area contributed by atoms with Crippen LogP contribution in [-0.4, -0.2) is 60.1 Å². The Morgan fingerprint density at radius 1 is 1.19 bits per heavy atom. The molecule has 1 aromatic carbocycles. The molecule has 0 aliphatic carbocycles. The van der Waals surface area contributed by atoms with Gasteiger partial charge in [0.15, 0.2) is 0 Å². The van der Waals surface area contributed by atoms with E-state index in [4.69, 9.17) is 4.74 Å². The van der Waals surface area contributed by atoms with Crippen molar-refractivity contribution in [1.29, 1.82) is 0 Å². The second-order valence-electron chi connectivity index (χ2n) is 7.70. The zero-order valence-corrected chi connectivity index (χ0v) is 16.6. The molecule has 1 fully saturated rings. The summed E-state index contributed by atoms with van der Waals surface area (Å²) in [5.41, 5.74) is 0.0218. The molecule has 2 rings (SSSR count). The SMILES string of the molecule is CCC(=O)NCC(c1ccccc1F)N1CCN(C(=O)OC(C)(C)C)CC1. The summed E-state index contributed by atoms with van der Waals surface area (Å²) in [5.74, 6) is -0.355. The van der Waals surface area contributed by atoms with E-state index in [1.807, 2.05) is 20.8 Å². The van der Waals surface area contributed by atoms with Crippen LogP contribution < -0.4 is 5.32 Å². The summed E-state index contributed by atoms with van der Waals surface area (Å²) in [6, 6.07) is 6.35. The molecule has 1 unspecified atom stereocenters. The number of benzene rings is 1. The molecule has 1 N–H and O–H groups in total. The van der Waals surface area contributed by atoms with Crippen LogP contribution in [-0.2, 0) is 9.53 Å². The van der Waals surface area contributed by atoms with Crippen LogP contribution >= 0.6 is 0 Å². The molecule has 7 heteroatoms. The van der Waals surface area contributed by atoms with Gasteiger partial charge in [-0.3, -0.25) is 9.69 Å². The molecule has 1 aromatic rings. The Hall–Kier alpha value is -2.15. The van der Waals surface area contributed by atoms with Crippen molar-refractivity contribution in [3.05, 3.63) is 35.6 Å². The number of nitrogens with zero attached hydrogens (tertiary/aromatic N) is 2. The van der Waals surface area contributed by atoms with Crippen molar-refractivity contribution in [3.63, 3.8) is 0 Å². The first kappa shape index (κ1) is 21.2. The highest BCUT2D eigenvalue weighted by atomic mass is 19.1. The molecule has 150 valence electrons. The maximum absolute atomic E-state index is 14.4. The third-order valence-corrected chi connectivity index (χ3v) is 4.48. The minimum atomic E-state index is -0.533. The highest BCUT2D eigenvalue weighted by Crippen LogP contribution is 2.24. The van der Waals surface area contributed by atoms with E-state index < -0.39 is 5.60 Å². The van der Waals surface area contributed by atoms with Crippen molar-refractivity contribution < 1.29 is 18.7 Å². The van der Waals surface area contributed by atoms with Crippen molar-refractivity contribution >= 4 is 12.0 Å². The lowest BCUT2D eigenvalue weighted by molar-refractivity contribution is -0.121. The Labute approximate surface area is 160 Å². The van der Waals surface area contributed by atoms with Gasteiger partial charge >= 0.3 is 6.09 Å². The number of carbonyl (C=O) groups excluding carboxylic acids is 2. The van der Waals surface area contributed by atoms with Crippen LogP contribution in [0.4, 0.5) is 9.18 Å². The van der Waals surface area contributed by atoms with Crippen LogP contribution in [0.25, 0.3) is 0 Å². The number of piperazine rings is 1. The number of ether oxygens (including phenoxy) is 1. The topological polar surface area (TPSA) is 61.9 Å². The maximum atomic E-state index is 14.4. The summed E-state index contributed by atoms with van der Waals surface area (Å²) >= 11 is 0. The van der Waals surface area contributed by atoms with Crippen molar-refractivity contribution in [2.45, 2.75) is 45.8 Å². The van der Waals surface area contributed by atoms with Crippen LogP contribution in [0.5, 0.6) is 0 Å². The summed E-state index contributed by atoms with van der Waals surface area (Å²) in [6.07, 6.45) is 0.0556. The number of carbonyl (C=O) groups is 2. The minimum Gasteiger partial charge on any atom is -0.444 e. The Bertz CT molecular complexity index is 652. The van der Waals surface area contributed by atoms with Crippen molar-refractivity contribution in [2.75, 3.05) is 32.7 Å². The van der Waals surface area contributed by atoms with Crippen LogP contribution in [0.3, 0.4) is 0 Å². The molecule has 1 aliphatic heterocycles. The van der Waals surface area contributed by atoms with Gasteiger partial charge in [-0.25, -0.2) is 9.18 Å². The molecule has 2 amide bonds. The average molecular weight is 379 g/mol. The first-order valence-corrected chi connectivity index (χ1v) is 9.44. The van der Waals surface area contributed by atoms with Crippen LogP contribution in [0, 0.1) is 5.82 Å². The van der Waals surface area contributed by atoms with E-state index in [9.17, 15) is 14.0 Å². The van der Waals surface area contributed by atoms with Gasteiger partial charge in [-0.05, 0) is 26.8 Å². The molecule has 1 saturated heterocycles. The molecule has 6 nitrogen and oxygen atoms in total. The van der Waals surface area contributed by atoms with Crippen molar-refractivity contribution in [1.82, 2.24) is 15.1 Å². The number of hydrogen-bond donors (Lipinski definition) is 1. The van der Waals surface area contributed by atoms with Gasteiger partial charge in [0.05, 0.1) is 6.04 Å². The van der Waals surface area contributed by atoms with Gasteiger partial charge in [0, 0.05) is 44.7 Å². The van der Waals surface area contributed by atoms with Gasteiger partial charge in [-0.2, -0.15) is 0 Å². The fourth-order valence-electron chi connectivity index (χ4n) is 3.06. The summed E-state index contributed by atoms with van der Waals surface area (Å²) in [5, 5.41) is 2.87. The summed E-state index contributed by atoms with van der Waals surface area (Å²) in [6.45, 7) is 9.81. The number of amides is 2. The van der Waals surface area contributed by atoms with E-state index in [-0.39, 0.29) is 23.9 Å². The number of halogens is 1. The normalized spacial score (nSPS) is 16.7. The maximum Gasteiger partial charge on any atom is 0.410 e. The van der Waals surface area contributed by atoms with Crippen LogP contribution in [0.1, 0.15) is 45.7 Å². The average Bonchev–Trinajstić information content (AvgIpc) is 2.62. The standard InChI is InChI=1S/C20H30FN3O3/c1-5-18(25)22-14-17(15-8-6-7-9-16(15)21)23-10-12-24(13-11-23)19(26)27-20(2,3)4/h6-9,17H,5,10-14H2,1-4H3,(H,22,25). The van der Waals surface area contributed by atoms with Crippen LogP contribution in [0.15, 0.2) is 24.3 Å². The predicted octanol–water partition coefficient (Wildman–Crippen LogP) is 2.95. The zero-order chi connectivity index (χ0) is 20.0. The molecule has 0 saturated carbocycles. The number of nitrogens with one attached hydrogen (secondary N) is 1. The molecular weight excluding hydrogens is 349 g/mol. The minimum absolute atomic E-state index is 0.0660. The van der Waals surface area contributed by atoms with E-state index in [2.05, 4.69) is 10.2 Å². The summed E-state index contributed by atoms with van der Waals surface area (Å²) in [4.78, 5) is 27.7. The molecule has 1 aliphatic rings. The van der Waals surface area contributed by atoms with Gasteiger partial charge < -0.3 is 15.0 Å². The molecule has 0 bridgehead atoms. The van der Waals surface area contributed by atoms with E-state index in [1.54, 1.807) is 30.0 Å². The Morgan fingerprint density at radius 2 is 1.81 bits per heavy atom. The Balaban J connectivity index is 2.06. The first-order chi connectivity index (χ1) is 12.7. The third-order valence-electron chi connectivity index (χ3n) is 4.48. The van der Waals surface area contributed by atoms with E-state index in [0.29, 0.717) is 44.7 Å². The molecule has 1 heterocycles. The summed E-state index contributed by atoms with van der Waals surface area (Å²) in [7, 11) is 0. The fourth-order valence-corrected chi connectivity index (χ4v) is 3.06. The second kappa shape index (κ2) is 9.17. The third kappa shape index (κ3) is 6.20. The van der Waals surface area contributed by atoms with E-state index in [0.717, 1.165) is 0 Å². The highest BCUT2D eigenvalue weighted by molar-refractivity contribution is 5.75. The van der Waals surface area contributed by atoms with E-state index in [1.165, 1.54) is 6.07 Å². The van der Waals surface area contributed by atoms with Gasteiger partial charge in [0.1, 0.15) is 11.4 Å². The Morgan fingerprint density at radius 3 is 2.37 bits per heavy atom. The molecule has 0 aromatic heterocycles. The molecule has 0 spiro atoms. The second-order valence-corrected chi connectivity index (χ2v) is 7.70. The lowest BCUT2D eigenvalue weighted by Gasteiger charge is -2.39. The zero-order valence-electron chi connectivity index (χ0n) is 16.6. The van der Waals surface area contributed by atoms with Gasteiger partial charge in [-0.15, -0.1) is 0 Å². The quantitative estimate of drug-likeness (QED) is 0.854. The van der Waals surface area contributed by atoms with Gasteiger partial charge in [0.2, 0.25) is 5.91 Å². The molecular formula is C20H30FN3O3. The van der Waals surface area contributed by atoms with Crippen LogP contribution in [0.2, 0.25) is 0 Å². The molecule has 0 radical (unpaired) electrons. The largest absolute Gasteiger partial charge is 0.444 e. The number of rotatable bonds is 5. The van der Waals surface area contributed by atoms with Gasteiger partial charge in [-0.1, -0.05) is 25.1 Å². The van der Waals surface area contributed by atoms with Crippen molar-refractivity contribution in [3.8, 4) is 0 Å². The molecule has 27 heavy (non-hydrogen) atoms. The molecule has 1 atom stereocenters. The lowest BCUT2D eigenvalue weighted by Crippen LogP contribution is -2.52. The summed E-state index contributed by atoms with van der Waals surface area (Å²) < 4.78 is 19.8. The highest BCUT2D eigenvalue weighted by Gasteiger charge is 2.30.